The van der Waals surface area contributed by atoms with Crippen molar-refractivity contribution in [3.8, 4) is 0 Å². The molecule has 0 radical (unpaired) electrons. The van der Waals surface area contributed by atoms with Crippen molar-refractivity contribution in [3.05, 3.63) is 12.2 Å². The van der Waals surface area contributed by atoms with Crippen LogP contribution in [0.15, 0.2) is 11.3 Å². The molecule has 0 aliphatic carbocycles. The number of sulfonamides is 1. The number of aromatic nitrogens is 3. The fraction of sp³-hybridized carbons (Fsp3) is 0.786. The quantitative estimate of drug-likeness (QED) is 0.500. The van der Waals surface area contributed by atoms with E-state index in [1.165, 1.54) is 0 Å². The molecule has 9 nitrogen and oxygen atoms in total. The maximum Gasteiger partial charge on any atom is 0.215 e. The lowest BCUT2D eigenvalue weighted by molar-refractivity contribution is 0.393. The van der Waals surface area contributed by atoms with E-state index in [1.807, 2.05) is 4.68 Å². The zero-order valence-corrected chi connectivity index (χ0v) is 16.0. The molecule has 1 fully saturated rings. The molecule has 11 heteroatoms. The average molecular weight is 388 g/mol. The van der Waals surface area contributed by atoms with Gasteiger partial charge in [0.15, 0.2) is 5.96 Å². The molecule has 0 aromatic carbocycles. The van der Waals surface area contributed by atoms with Crippen molar-refractivity contribution in [1.29, 1.82) is 0 Å². The minimum atomic E-state index is -3.20. The molecule has 1 aromatic rings. The Morgan fingerprint density at radius 3 is 3.00 bits per heavy atom. The number of hydrogen-bond acceptors (Lipinski definition) is 6. The van der Waals surface area contributed by atoms with Crippen molar-refractivity contribution in [3.63, 3.8) is 0 Å². The summed E-state index contributed by atoms with van der Waals surface area (Å²) < 4.78 is 28.2. The first kappa shape index (κ1) is 18.5. The Balaban J connectivity index is 1.45. The zero-order valence-electron chi connectivity index (χ0n) is 14.4. The Morgan fingerprint density at radius 1 is 1.44 bits per heavy atom. The van der Waals surface area contributed by atoms with E-state index in [0.29, 0.717) is 25.6 Å². The lowest BCUT2D eigenvalue weighted by Crippen LogP contribution is -2.48. The molecule has 0 bridgehead atoms. The maximum atomic E-state index is 12.4. The number of aliphatic imine (C=N–C) groups is 1. The van der Waals surface area contributed by atoms with Crippen LogP contribution in [-0.2, 0) is 23.0 Å². The zero-order chi connectivity index (χ0) is 17.7. The molecule has 0 spiro atoms. The maximum absolute atomic E-state index is 12.4. The molecule has 1 atom stereocenters. The standard InChI is InChI=1S/C14H25N7O2S2/c1-15-14(19-12-2-3-13-17-11-18-21(13)10-12)16-4-9-25(22,23)20-5-7-24-8-6-20/h11-12H,2-10H2,1H3,(H2,15,16,19). The van der Waals surface area contributed by atoms with E-state index in [2.05, 4.69) is 25.7 Å². The number of nitrogens with one attached hydrogen (secondary N) is 2. The number of rotatable bonds is 5. The number of guanidine groups is 1. The topological polar surface area (TPSA) is 105 Å². The molecule has 1 saturated heterocycles. The van der Waals surface area contributed by atoms with Gasteiger partial charge in [-0.15, -0.1) is 0 Å². The Hall–Kier alpha value is -1.33. The molecule has 25 heavy (non-hydrogen) atoms. The van der Waals surface area contributed by atoms with Gasteiger partial charge in [-0.25, -0.2) is 22.4 Å². The minimum Gasteiger partial charge on any atom is -0.355 e. The number of thioether (sulfide) groups is 1. The van der Waals surface area contributed by atoms with Crippen molar-refractivity contribution in [1.82, 2.24) is 29.7 Å². The summed E-state index contributed by atoms with van der Waals surface area (Å²) in [5.74, 6) is 3.46. The van der Waals surface area contributed by atoms with E-state index < -0.39 is 10.0 Å². The fourth-order valence-corrected chi connectivity index (χ4v) is 5.49. The van der Waals surface area contributed by atoms with Gasteiger partial charge in [0.25, 0.3) is 0 Å². The Morgan fingerprint density at radius 2 is 2.24 bits per heavy atom. The summed E-state index contributed by atoms with van der Waals surface area (Å²) >= 11 is 1.80. The second kappa shape index (κ2) is 8.37. The third kappa shape index (κ3) is 4.85. The predicted octanol–water partition coefficient (Wildman–Crippen LogP) is -0.863. The smallest absolute Gasteiger partial charge is 0.215 e. The Labute approximate surface area is 152 Å². The minimum absolute atomic E-state index is 0.0796. The van der Waals surface area contributed by atoms with Crippen LogP contribution in [0.1, 0.15) is 12.2 Å². The van der Waals surface area contributed by atoms with Gasteiger partial charge in [-0.2, -0.15) is 16.9 Å². The van der Waals surface area contributed by atoms with Crippen LogP contribution >= 0.6 is 11.8 Å². The van der Waals surface area contributed by atoms with Crippen molar-refractivity contribution < 1.29 is 8.42 Å². The van der Waals surface area contributed by atoms with Gasteiger partial charge in [0.2, 0.25) is 10.0 Å². The Bertz CT molecular complexity index is 698. The molecule has 3 rings (SSSR count). The molecule has 0 saturated carbocycles. The number of nitrogens with zero attached hydrogens (tertiary/aromatic N) is 5. The monoisotopic (exact) mass is 387 g/mol. The predicted molar refractivity (Wildman–Crippen MR) is 99.3 cm³/mol. The molecule has 2 aliphatic heterocycles. The summed E-state index contributed by atoms with van der Waals surface area (Å²) in [6.07, 6.45) is 3.40. The third-order valence-corrected chi connectivity index (χ3v) is 7.20. The summed E-state index contributed by atoms with van der Waals surface area (Å²) in [5.41, 5.74) is 0. The van der Waals surface area contributed by atoms with E-state index in [9.17, 15) is 8.42 Å². The van der Waals surface area contributed by atoms with Crippen LogP contribution in [-0.4, -0.2) is 83.4 Å². The van der Waals surface area contributed by atoms with E-state index in [0.717, 1.165) is 36.7 Å². The second-order valence-corrected chi connectivity index (χ2v) is 9.38. The van der Waals surface area contributed by atoms with Crippen LogP contribution in [0.4, 0.5) is 0 Å². The Kier molecular flexibility index (Phi) is 6.18. The van der Waals surface area contributed by atoms with Crippen molar-refractivity contribution >= 4 is 27.7 Å². The molecular formula is C14H25N7O2S2. The fourth-order valence-electron chi connectivity index (χ4n) is 3.00. The van der Waals surface area contributed by atoms with Crippen molar-refractivity contribution in [2.45, 2.75) is 25.4 Å². The van der Waals surface area contributed by atoms with Crippen LogP contribution in [0.3, 0.4) is 0 Å². The molecule has 1 unspecified atom stereocenters. The molecule has 0 amide bonds. The molecule has 140 valence electrons. The van der Waals surface area contributed by atoms with E-state index in [1.54, 1.807) is 29.4 Å². The average Bonchev–Trinajstić information content (AvgIpc) is 3.09. The molecule has 1 aromatic heterocycles. The van der Waals surface area contributed by atoms with Gasteiger partial charge < -0.3 is 10.6 Å². The summed E-state index contributed by atoms with van der Waals surface area (Å²) in [6.45, 7) is 2.30. The largest absolute Gasteiger partial charge is 0.355 e. The summed E-state index contributed by atoms with van der Waals surface area (Å²) in [5, 5.41) is 10.7. The van der Waals surface area contributed by atoms with Gasteiger partial charge in [-0.1, -0.05) is 0 Å². The van der Waals surface area contributed by atoms with Crippen LogP contribution < -0.4 is 10.6 Å². The highest BCUT2D eigenvalue weighted by atomic mass is 32.2. The highest BCUT2D eigenvalue weighted by Crippen LogP contribution is 2.13. The van der Waals surface area contributed by atoms with Gasteiger partial charge in [0, 0.05) is 50.7 Å². The first-order chi connectivity index (χ1) is 12.1. The molecule has 2 N–H and O–H groups in total. The number of hydrogen-bond donors (Lipinski definition) is 2. The highest BCUT2D eigenvalue weighted by Gasteiger charge is 2.24. The lowest BCUT2D eigenvalue weighted by atomic mass is 10.1. The van der Waals surface area contributed by atoms with Crippen LogP contribution in [0.5, 0.6) is 0 Å². The summed E-state index contributed by atoms with van der Waals surface area (Å²) in [6, 6.07) is 0.205. The summed E-state index contributed by atoms with van der Waals surface area (Å²) in [7, 11) is -1.51. The van der Waals surface area contributed by atoms with E-state index >= 15 is 0 Å². The van der Waals surface area contributed by atoms with Gasteiger partial charge in [0.05, 0.1) is 12.3 Å². The first-order valence-electron chi connectivity index (χ1n) is 8.48. The van der Waals surface area contributed by atoms with Gasteiger partial charge >= 0.3 is 0 Å². The first-order valence-corrected chi connectivity index (χ1v) is 11.2. The SMILES string of the molecule is CN=C(NCCS(=O)(=O)N1CCSCC1)NC1CCc2ncnn2C1. The van der Waals surface area contributed by atoms with Crippen molar-refractivity contribution in [2.75, 3.05) is 43.9 Å². The van der Waals surface area contributed by atoms with Crippen LogP contribution in [0.2, 0.25) is 0 Å². The van der Waals surface area contributed by atoms with E-state index in [-0.39, 0.29) is 11.8 Å². The molecule has 2 aliphatic rings. The second-order valence-electron chi connectivity index (χ2n) is 6.06. The highest BCUT2D eigenvalue weighted by molar-refractivity contribution is 7.99. The van der Waals surface area contributed by atoms with Gasteiger partial charge in [-0.05, 0) is 6.42 Å². The lowest BCUT2D eigenvalue weighted by Gasteiger charge is -2.27. The normalized spacial score (nSPS) is 22.4. The number of fused-ring (bicyclic) bond motifs is 1. The van der Waals surface area contributed by atoms with Crippen LogP contribution in [0, 0.1) is 0 Å². The van der Waals surface area contributed by atoms with E-state index in [4.69, 9.17) is 0 Å². The van der Waals surface area contributed by atoms with Gasteiger partial charge in [0.1, 0.15) is 12.2 Å². The van der Waals surface area contributed by atoms with Gasteiger partial charge in [-0.3, -0.25) is 4.99 Å². The van der Waals surface area contributed by atoms with Crippen LogP contribution in [0.25, 0.3) is 0 Å². The third-order valence-electron chi connectivity index (χ3n) is 4.39. The van der Waals surface area contributed by atoms with Crippen molar-refractivity contribution in [2.24, 2.45) is 4.99 Å². The molecular weight excluding hydrogens is 362 g/mol. The molecule has 3 heterocycles. The summed E-state index contributed by atoms with van der Waals surface area (Å²) in [4.78, 5) is 8.41. The number of aryl methyl sites for hydroxylation is 1.